The topological polar surface area (TPSA) is 71.1 Å². The Balaban J connectivity index is 2.19. The van der Waals surface area contributed by atoms with Gasteiger partial charge in [-0.05, 0) is 25.2 Å². The van der Waals surface area contributed by atoms with Gasteiger partial charge in [0.25, 0.3) is 0 Å². The molecule has 2 unspecified atom stereocenters. The van der Waals surface area contributed by atoms with E-state index in [1.54, 1.807) is 18.8 Å². The molecule has 1 saturated carbocycles. The average Bonchev–Trinajstić information content (AvgIpc) is 2.47. The SMILES string of the molecule is CNc1ncc(S(=O)(=O)NC2CCCCC2SC)cc1Cl. The van der Waals surface area contributed by atoms with Crippen molar-refractivity contribution >= 4 is 39.2 Å². The van der Waals surface area contributed by atoms with Crippen molar-refractivity contribution in [2.75, 3.05) is 18.6 Å². The number of hydrogen-bond acceptors (Lipinski definition) is 5. The van der Waals surface area contributed by atoms with Crippen LogP contribution in [0.15, 0.2) is 17.2 Å². The van der Waals surface area contributed by atoms with Gasteiger partial charge in [-0.1, -0.05) is 24.4 Å². The monoisotopic (exact) mass is 349 g/mol. The van der Waals surface area contributed by atoms with Crippen LogP contribution >= 0.6 is 23.4 Å². The summed E-state index contributed by atoms with van der Waals surface area (Å²) in [5.41, 5.74) is 0. The lowest BCUT2D eigenvalue weighted by Crippen LogP contribution is -2.43. The van der Waals surface area contributed by atoms with Crippen molar-refractivity contribution in [2.45, 2.75) is 41.9 Å². The summed E-state index contributed by atoms with van der Waals surface area (Å²) in [6, 6.07) is 1.40. The van der Waals surface area contributed by atoms with Gasteiger partial charge in [-0.3, -0.25) is 0 Å². The molecule has 1 aromatic heterocycles. The molecule has 0 spiro atoms. The fourth-order valence-corrected chi connectivity index (χ4v) is 5.16. The fourth-order valence-electron chi connectivity index (χ4n) is 2.53. The summed E-state index contributed by atoms with van der Waals surface area (Å²) in [7, 11) is -1.90. The van der Waals surface area contributed by atoms with E-state index in [2.05, 4.69) is 15.0 Å². The molecular weight excluding hydrogens is 330 g/mol. The minimum atomic E-state index is -3.59. The number of nitrogens with zero attached hydrogens (tertiary/aromatic N) is 1. The lowest BCUT2D eigenvalue weighted by atomic mass is 9.96. The third kappa shape index (κ3) is 4.03. The number of nitrogens with one attached hydrogen (secondary N) is 2. The molecule has 1 fully saturated rings. The maximum absolute atomic E-state index is 12.5. The second kappa shape index (κ2) is 7.17. The molecule has 0 radical (unpaired) electrons. The van der Waals surface area contributed by atoms with Crippen LogP contribution in [0.4, 0.5) is 5.82 Å². The Morgan fingerprint density at radius 3 is 2.71 bits per heavy atom. The molecule has 1 heterocycles. The number of sulfonamides is 1. The van der Waals surface area contributed by atoms with Crippen LogP contribution in [0.25, 0.3) is 0 Å². The molecular formula is C13H20ClN3O2S2. The first-order chi connectivity index (χ1) is 9.97. The molecule has 0 aliphatic heterocycles. The van der Waals surface area contributed by atoms with Gasteiger partial charge in [-0.15, -0.1) is 0 Å². The second-order valence-electron chi connectivity index (χ2n) is 5.04. The first-order valence-electron chi connectivity index (χ1n) is 6.86. The summed E-state index contributed by atoms with van der Waals surface area (Å²) in [6.07, 6.45) is 7.50. The molecule has 1 aliphatic carbocycles. The summed E-state index contributed by atoms with van der Waals surface area (Å²) >= 11 is 7.73. The van der Waals surface area contributed by atoms with Gasteiger partial charge in [0.1, 0.15) is 10.7 Å². The minimum absolute atomic E-state index is 0.0264. The largest absolute Gasteiger partial charge is 0.372 e. The molecule has 0 amide bonds. The number of rotatable bonds is 5. The van der Waals surface area contributed by atoms with Crippen molar-refractivity contribution < 1.29 is 8.42 Å². The smallest absolute Gasteiger partial charge is 0.242 e. The fraction of sp³-hybridized carbons (Fsp3) is 0.615. The lowest BCUT2D eigenvalue weighted by molar-refractivity contribution is 0.423. The van der Waals surface area contributed by atoms with E-state index in [1.807, 2.05) is 6.26 Å². The van der Waals surface area contributed by atoms with E-state index in [0.29, 0.717) is 16.1 Å². The molecule has 1 aliphatic rings. The highest BCUT2D eigenvalue weighted by molar-refractivity contribution is 7.99. The van der Waals surface area contributed by atoms with Crippen LogP contribution in [0, 0.1) is 0 Å². The van der Waals surface area contributed by atoms with Crippen LogP contribution < -0.4 is 10.0 Å². The Hall–Kier alpha value is -0.500. The van der Waals surface area contributed by atoms with Crippen LogP contribution in [0.5, 0.6) is 0 Å². The first kappa shape index (κ1) is 16.9. The number of aromatic nitrogens is 1. The summed E-state index contributed by atoms with van der Waals surface area (Å²) < 4.78 is 27.8. The van der Waals surface area contributed by atoms with E-state index in [-0.39, 0.29) is 10.9 Å². The Bertz CT molecular complexity index is 595. The van der Waals surface area contributed by atoms with Crippen molar-refractivity contribution in [1.29, 1.82) is 0 Å². The molecule has 2 atom stereocenters. The Morgan fingerprint density at radius 2 is 2.10 bits per heavy atom. The Kier molecular flexibility index (Phi) is 5.76. The molecule has 2 N–H and O–H groups in total. The van der Waals surface area contributed by atoms with Gasteiger partial charge in [-0.25, -0.2) is 18.1 Å². The second-order valence-corrected chi connectivity index (χ2v) is 8.24. The quantitative estimate of drug-likeness (QED) is 0.855. The number of thioether (sulfide) groups is 1. The number of anilines is 1. The third-order valence-corrected chi connectivity index (χ3v) is 6.59. The maximum atomic E-state index is 12.5. The van der Waals surface area contributed by atoms with E-state index in [1.165, 1.54) is 12.3 Å². The highest BCUT2D eigenvalue weighted by atomic mass is 35.5. The van der Waals surface area contributed by atoms with Crippen molar-refractivity contribution in [1.82, 2.24) is 9.71 Å². The highest BCUT2D eigenvalue weighted by Gasteiger charge is 2.29. The van der Waals surface area contributed by atoms with E-state index < -0.39 is 10.0 Å². The van der Waals surface area contributed by atoms with Gasteiger partial charge in [0.15, 0.2) is 0 Å². The standard InChI is InChI=1S/C13H20ClN3O2S2/c1-15-13-10(14)7-9(8-16-13)21(18,19)17-11-5-3-4-6-12(11)20-2/h7-8,11-12,17H,3-6H2,1-2H3,(H,15,16). The van der Waals surface area contributed by atoms with E-state index in [4.69, 9.17) is 11.6 Å². The highest BCUT2D eigenvalue weighted by Crippen LogP contribution is 2.29. The molecule has 118 valence electrons. The first-order valence-corrected chi connectivity index (χ1v) is 10.0. The summed E-state index contributed by atoms with van der Waals surface area (Å²) in [5.74, 6) is 0.468. The van der Waals surface area contributed by atoms with Gasteiger partial charge in [0, 0.05) is 24.5 Å². The van der Waals surface area contributed by atoms with Crippen LogP contribution in [0.1, 0.15) is 25.7 Å². The molecule has 1 aromatic rings. The molecule has 0 bridgehead atoms. The van der Waals surface area contributed by atoms with Crippen LogP contribution in [-0.2, 0) is 10.0 Å². The minimum Gasteiger partial charge on any atom is -0.372 e. The molecule has 21 heavy (non-hydrogen) atoms. The van der Waals surface area contributed by atoms with Crippen LogP contribution in [0.2, 0.25) is 5.02 Å². The summed E-state index contributed by atoms with van der Waals surface area (Å²) in [4.78, 5) is 4.14. The predicted molar refractivity (Wildman–Crippen MR) is 88.7 cm³/mol. The van der Waals surface area contributed by atoms with Gasteiger partial charge in [0.05, 0.1) is 5.02 Å². The molecule has 5 nitrogen and oxygen atoms in total. The van der Waals surface area contributed by atoms with Crippen molar-refractivity contribution in [3.8, 4) is 0 Å². The van der Waals surface area contributed by atoms with Gasteiger partial charge in [0.2, 0.25) is 10.0 Å². The number of hydrogen-bond donors (Lipinski definition) is 2. The molecule has 8 heteroatoms. The van der Waals surface area contributed by atoms with Crippen molar-refractivity contribution in [3.05, 3.63) is 17.3 Å². The molecule has 2 rings (SSSR count). The third-order valence-electron chi connectivity index (χ3n) is 3.68. The number of halogens is 1. The lowest BCUT2D eigenvalue weighted by Gasteiger charge is -2.30. The Labute approximate surface area is 135 Å². The van der Waals surface area contributed by atoms with Crippen LogP contribution in [0.3, 0.4) is 0 Å². The van der Waals surface area contributed by atoms with Crippen molar-refractivity contribution in [3.63, 3.8) is 0 Å². The number of pyridine rings is 1. The molecule has 0 saturated heterocycles. The average molecular weight is 350 g/mol. The zero-order chi connectivity index (χ0) is 15.5. The zero-order valence-electron chi connectivity index (χ0n) is 12.1. The van der Waals surface area contributed by atoms with E-state index >= 15 is 0 Å². The van der Waals surface area contributed by atoms with E-state index in [9.17, 15) is 8.42 Å². The van der Waals surface area contributed by atoms with Crippen molar-refractivity contribution in [2.24, 2.45) is 0 Å². The van der Waals surface area contributed by atoms with Crippen LogP contribution in [-0.4, -0.2) is 38.0 Å². The predicted octanol–water partition coefficient (Wildman–Crippen LogP) is 2.73. The normalized spacial score (nSPS) is 23.0. The maximum Gasteiger partial charge on any atom is 0.242 e. The summed E-state index contributed by atoms with van der Waals surface area (Å²) in [6.45, 7) is 0. The Morgan fingerprint density at radius 1 is 1.38 bits per heavy atom. The molecule has 0 aromatic carbocycles. The van der Waals surface area contributed by atoms with E-state index in [0.717, 1.165) is 25.7 Å². The van der Waals surface area contributed by atoms with Gasteiger partial charge in [-0.2, -0.15) is 11.8 Å². The van der Waals surface area contributed by atoms with Gasteiger partial charge >= 0.3 is 0 Å². The summed E-state index contributed by atoms with van der Waals surface area (Å²) in [5, 5.41) is 3.43. The zero-order valence-corrected chi connectivity index (χ0v) is 14.5. The van der Waals surface area contributed by atoms with Gasteiger partial charge < -0.3 is 5.32 Å².